The van der Waals surface area contributed by atoms with Crippen molar-refractivity contribution in [2.24, 2.45) is 0 Å². The minimum atomic E-state index is -1.11. The van der Waals surface area contributed by atoms with Crippen molar-refractivity contribution in [2.45, 2.75) is 6.54 Å². The molecular formula is C13H10N4O2S. The Kier molecular flexibility index (Phi) is 3.26. The zero-order valence-electron chi connectivity index (χ0n) is 10.3. The summed E-state index contributed by atoms with van der Waals surface area (Å²) < 4.78 is 1.57. The zero-order valence-corrected chi connectivity index (χ0v) is 11.1. The molecule has 3 aromatic rings. The van der Waals surface area contributed by atoms with Gasteiger partial charge in [-0.2, -0.15) is 0 Å². The van der Waals surface area contributed by atoms with Crippen molar-refractivity contribution < 1.29 is 9.90 Å². The van der Waals surface area contributed by atoms with Gasteiger partial charge in [0, 0.05) is 11.1 Å². The molecule has 0 atom stereocenters. The van der Waals surface area contributed by atoms with E-state index in [4.69, 9.17) is 0 Å². The maximum atomic E-state index is 11.3. The first-order chi connectivity index (χ1) is 9.75. The molecule has 3 heterocycles. The number of aromatic nitrogens is 4. The van der Waals surface area contributed by atoms with Crippen molar-refractivity contribution in [2.75, 3.05) is 0 Å². The smallest absolute Gasteiger partial charge is 0.358 e. The van der Waals surface area contributed by atoms with E-state index in [1.165, 1.54) is 0 Å². The van der Waals surface area contributed by atoms with Crippen LogP contribution in [0.25, 0.3) is 11.4 Å². The van der Waals surface area contributed by atoms with Crippen LogP contribution in [0.1, 0.15) is 15.4 Å². The molecule has 0 fully saturated rings. The molecule has 7 heteroatoms. The number of rotatable bonds is 4. The van der Waals surface area contributed by atoms with Crippen molar-refractivity contribution in [3.63, 3.8) is 0 Å². The van der Waals surface area contributed by atoms with Gasteiger partial charge in [0.25, 0.3) is 0 Å². The summed E-state index contributed by atoms with van der Waals surface area (Å²) in [4.78, 5) is 16.5. The van der Waals surface area contributed by atoms with Gasteiger partial charge in [0.15, 0.2) is 5.69 Å². The van der Waals surface area contributed by atoms with Crippen LogP contribution in [0.3, 0.4) is 0 Å². The molecule has 0 saturated carbocycles. The second kappa shape index (κ2) is 5.22. The fourth-order valence-corrected chi connectivity index (χ4v) is 2.56. The summed E-state index contributed by atoms with van der Waals surface area (Å²) in [5, 5.41) is 18.9. The van der Waals surface area contributed by atoms with E-state index < -0.39 is 5.97 Å². The minimum Gasteiger partial charge on any atom is -0.476 e. The van der Waals surface area contributed by atoms with Crippen molar-refractivity contribution in [3.05, 3.63) is 52.5 Å². The first-order valence-corrected chi connectivity index (χ1v) is 6.74. The number of thiophene rings is 1. The monoisotopic (exact) mass is 286 g/mol. The highest BCUT2D eigenvalue weighted by Gasteiger charge is 2.21. The van der Waals surface area contributed by atoms with Crippen LogP contribution in [0, 0.1) is 0 Å². The highest BCUT2D eigenvalue weighted by atomic mass is 32.1. The van der Waals surface area contributed by atoms with E-state index in [1.54, 1.807) is 40.4 Å². The lowest BCUT2D eigenvalue weighted by molar-refractivity contribution is 0.0691. The Balaban J connectivity index is 2.09. The van der Waals surface area contributed by atoms with Crippen LogP contribution in [0.4, 0.5) is 0 Å². The Bertz CT molecular complexity index is 722. The maximum Gasteiger partial charge on any atom is 0.358 e. The molecule has 0 bridgehead atoms. The zero-order chi connectivity index (χ0) is 13.9. The predicted octanol–water partition coefficient (Wildman–Crippen LogP) is 2.15. The largest absolute Gasteiger partial charge is 0.476 e. The van der Waals surface area contributed by atoms with Crippen LogP contribution in [0.2, 0.25) is 0 Å². The molecule has 0 amide bonds. The summed E-state index contributed by atoms with van der Waals surface area (Å²) in [7, 11) is 0. The van der Waals surface area contributed by atoms with Crippen LogP contribution in [0.5, 0.6) is 0 Å². The van der Waals surface area contributed by atoms with Crippen LogP contribution in [0.15, 0.2) is 41.9 Å². The van der Waals surface area contributed by atoms with Gasteiger partial charge in [0.05, 0.1) is 12.2 Å². The summed E-state index contributed by atoms with van der Waals surface area (Å²) in [5.74, 6) is -1.11. The number of carboxylic acids is 1. The summed E-state index contributed by atoms with van der Waals surface area (Å²) in [5.41, 5.74) is 0.887. The number of nitrogens with zero attached hydrogens (tertiary/aromatic N) is 4. The topological polar surface area (TPSA) is 80.9 Å². The standard InChI is InChI=1S/C13H10N4O2S/c18-13(19)11-12(10-5-1-2-6-14-10)17(16-15-11)8-9-4-3-7-20-9/h1-7H,8H2,(H,18,19). The number of aromatic carboxylic acids is 1. The van der Waals surface area contributed by atoms with Gasteiger partial charge in [-0.25, -0.2) is 9.48 Å². The lowest BCUT2D eigenvalue weighted by Gasteiger charge is -2.05. The predicted molar refractivity (Wildman–Crippen MR) is 73.6 cm³/mol. The number of hydrogen-bond donors (Lipinski definition) is 1. The van der Waals surface area contributed by atoms with Gasteiger partial charge in [0.1, 0.15) is 5.69 Å². The molecule has 6 nitrogen and oxygen atoms in total. The number of carboxylic acid groups (broad SMARTS) is 1. The molecule has 0 radical (unpaired) electrons. The maximum absolute atomic E-state index is 11.3. The van der Waals surface area contributed by atoms with E-state index in [-0.39, 0.29) is 5.69 Å². The number of carbonyl (C=O) groups is 1. The highest BCUT2D eigenvalue weighted by molar-refractivity contribution is 7.09. The average molecular weight is 286 g/mol. The Morgan fingerprint density at radius 2 is 2.20 bits per heavy atom. The fourth-order valence-electron chi connectivity index (χ4n) is 1.87. The molecule has 100 valence electrons. The second-order valence-electron chi connectivity index (χ2n) is 4.04. The summed E-state index contributed by atoms with van der Waals surface area (Å²) in [6.45, 7) is 0.476. The van der Waals surface area contributed by atoms with Gasteiger partial charge in [-0.05, 0) is 23.6 Å². The Hall–Kier alpha value is -2.54. The summed E-state index contributed by atoms with van der Waals surface area (Å²) in [6.07, 6.45) is 1.61. The van der Waals surface area contributed by atoms with Crippen molar-refractivity contribution in [3.8, 4) is 11.4 Å². The second-order valence-corrected chi connectivity index (χ2v) is 5.08. The SMILES string of the molecule is O=C(O)c1nnn(Cc2cccs2)c1-c1ccccn1. The van der Waals surface area contributed by atoms with E-state index in [0.29, 0.717) is 17.9 Å². The van der Waals surface area contributed by atoms with Gasteiger partial charge in [-0.1, -0.05) is 17.3 Å². The molecule has 0 saturated heterocycles. The van der Waals surface area contributed by atoms with E-state index >= 15 is 0 Å². The van der Waals surface area contributed by atoms with E-state index in [1.807, 2.05) is 17.5 Å². The van der Waals surface area contributed by atoms with Crippen LogP contribution in [-0.4, -0.2) is 31.1 Å². The third-order valence-electron chi connectivity index (χ3n) is 2.73. The lowest BCUT2D eigenvalue weighted by Crippen LogP contribution is -2.06. The Morgan fingerprint density at radius 1 is 1.30 bits per heavy atom. The molecule has 1 N–H and O–H groups in total. The van der Waals surface area contributed by atoms with Gasteiger partial charge < -0.3 is 5.11 Å². The van der Waals surface area contributed by atoms with E-state index in [2.05, 4.69) is 15.3 Å². The molecule has 0 aliphatic carbocycles. The average Bonchev–Trinajstić information content (AvgIpc) is 3.09. The molecular weight excluding hydrogens is 276 g/mol. The van der Waals surface area contributed by atoms with Crippen LogP contribution >= 0.6 is 11.3 Å². The molecule has 0 spiro atoms. The van der Waals surface area contributed by atoms with Gasteiger partial charge >= 0.3 is 5.97 Å². The molecule has 0 aromatic carbocycles. The van der Waals surface area contributed by atoms with Crippen LogP contribution in [-0.2, 0) is 6.54 Å². The minimum absolute atomic E-state index is 0.0831. The molecule has 3 aromatic heterocycles. The fraction of sp³-hybridized carbons (Fsp3) is 0.0769. The van der Waals surface area contributed by atoms with Crippen molar-refractivity contribution in [1.29, 1.82) is 0 Å². The van der Waals surface area contributed by atoms with Gasteiger partial charge in [0.2, 0.25) is 0 Å². The Labute approximate surface area is 118 Å². The molecule has 0 aliphatic rings. The third-order valence-corrected chi connectivity index (χ3v) is 3.59. The van der Waals surface area contributed by atoms with Crippen LogP contribution < -0.4 is 0 Å². The van der Waals surface area contributed by atoms with Crippen molar-refractivity contribution >= 4 is 17.3 Å². The normalized spacial score (nSPS) is 10.6. The molecule has 20 heavy (non-hydrogen) atoms. The first kappa shape index (κ1) is 12.5. The quantitative estimate of drug-likeness (QED) is 0.794. The number of pyridine rings is 1. The lowest BCUT2D eigenvalue weighted by atomic mass is 10.2. The van der Waals surface area contributed by atoms with E-state index in [9.17, 15) is 9.90 Å². The third kappa shape index (κ3) is 2.30. The van der Waals surface area contributed by atoms with Gasteiger partial charge in [-0.3, -0.25) is 4.98 Å². The Morgan fingerprint density at radius 3 is 2.85 bits per heavy atom. The van der Waals surface area contributed by atoms with Crippen molar-refractivity contribution in [1.82, 2.24) is 20.0 Å². The van der Waals surface area contributed by atoms with E-state index in [0.717, 1.165) is 4.88 Å². The highest BCUT2D eigenvalue weighted by Crippen LogP contribution is 2.22. The molecule has 3 rings (SSSR count). The molecule has 0 aliphatic heterocycles. The number of hydrogen-bond acceptors (Lipinski definition) is 5. The summed E-state index contributed by atoms with van der Waals surface area (Å²) >= 11 is 1.58. The summed E-state index contributed by atoms with van der Waals surface area (Å²) in [6, 6.07) is 9.23. The first-order valence-electron chi connectivity index (χ1n) is 5.86. The van der Waals surface area contributed by atoms with Gasteiger partial charge in [-0.15, -0.1) is 16.4 Å². The molecule has 0 unspecified atom stereocenters.